The fourth-order valence-electron chi connectivity index (χ4n) is 3.42. The highest BCUT2D eigenvalue weighted by atomic mass is 16.3. The Balaban J connectivity index is 1.92. The number of rotatable bonds is 2. The molecule has 2 heteroatoms. The quantitative estimate of drug-likeness (QED) is 0.707. The van der Waals surface area contributed by atoms with Gasteiger partial charge in [0.15, 0.2) is 0 Å². The SMILES string of the molecule is CC1CCCC(C2CCNC2CO)C1. The Morgan fingerprint density at radius 3 is 2.86 bits per heavy atom. The highest BCUT2D eigenvalue weighted by molar-refractivity contribution is 4.89. The number of hydrogen-bond acceptors (Lipinski definition) is 2. The lowest BCUT2D eigenvalue weighted by molar-refractivity contribution is 0.151. The molecule has 1 saturated heterocycles. The van der Waals surface area contributed by atoms with Crippen molar-refractivity contribution in [1.82, 2.24) is 5.32 Å². The fourth-order valence-corrected chi connectivity index (χ4v) is 3.42. The van der Waals surface area contributed by atoms with Gasteiger partial charge in [-0.05, 0) is 37.1 Å². The molecular formula is C12H23NO. The lowest BCUT2D eigenvalue weighted by Gasteiger charge is -2.33. The predicted molar refractivity (Wildman–Crippen MR) is 58.1 cm³/mol. The van der Waals surface area contributed by atoms with Crippen LogP contribution in [0, 0.1) is 17.8 Å². The van der Waals surface area contributed by atoms with Gasteiger partial charge in [-0.25, -0.2) is 0 Å². The van der Waals surface area contributed by atoms with Crippen LogP contribution in [0.1, 0.15) is 39.0 Å². The molecule has 1 aliphatic carbocycles. The summed E-state index contributed by atoms with van der Waals surface area (Å²) in [5.74, 6) is 2.54. The molecule has 4 atom stereocenters. The topological polar surface area (TPSA) is 32.3 Å². The van der Waals surface area contributed by atoms with Crippen molar-refractivity contribution in [3.05, 3.63) is 0 Å². The van der Waals surface area contributed by atoms with Crippen molar-refractivity contribution < 1.29 is 5.11 Å². The maximum Gasteiger partial charge on any atom is 0.0587 e. The number of nitrogens with one attached hydrogen (secondary N) is 1. The molecular weight excluding hydrogens is 174 g/mol. The molecule has 1 heterocycles. The van der Waals surface area contributed by atoms with E-state index in [0.29, 0.717) is 12.6 Å². The molecule has 14 heavy (non-hydrogen) atoms. The minimum atomic E-state index is 0.329. The van der Waals surface area contributed by atoms with E-state index in [1.165, 1.54) is 32.1 Å². The van der Waals surface area contributed by atoms with Crippen molar-refractivity contribution in [2.45, 2.75) is 45.1 Å². The van der Waals surface area contributed by atoms with Crippen LogP contribution in [0.2, 0.25) is 0 Å². The molecule has 0 aromatic rings. The molecule has 0 radical (unpaired) electrons. The van der Waals surface area contributed by atoms with Crippen molar-refractivity contribution in [3.8, 4) is 0 Å². The van der Waals surface area contributed by atoms with Crippen LogP contribution >= 0.6 is 0 Å². The molecule has 1 saturated carbocycles. The molecule has 1 aliphatic heterocycles. The third-order valence-corrected chi connectivity index (χ3v) is 4.18. The van der Waals surface area contributed by atoms with Crippen molar-refractivity contribution in [2.75, 3.05) is 13.2 Å². The summed E-state index contributed by atoms with van der Waals surface area (Å²) in [6.45, 7) is 3.82. The lowest BCUT2D eigenvalue weighted by Crippen LogP contribution is -2.35. The van der Waals surface area contributed by atoms with E-state index in [1.54, 1.807) is 0 Å². The average molecular weight is 197 g/mol. The number of aliphatic hydroxyl groups is 1. The summed E-state index contributed by atoms with van der Waals surface area (Å²) >= 11 is 0. The highest BCUT2D eigenvalue weighted by Gasteiger charge is 2.34. The van der Waals surface area contributed by atoms with Gasteiger partial charge in [0.25, 0.3) is 0 Å². The van der Waals surface area contributed by atoms with Gasteiger partial charge in [-0.15, -0.1) is 0 Å². The van der Waals surface area contributed by atoms with E-state index in [0.717, 1.165) is 24.3 Å². The Kier molecular flexibility index (Phi) is 3.45. The van der Waals surface area contributed by atoms with Gasteiger partial charge in [0.1, 0.15) is 0 Å². The molecule has 2 aliphatic rings. The molecule has 0 bridgehead atoms. The zero-order valence-electron chi connectivity index (χ0n) is 9.21. The van der Waals surface area contributed by atoms with Crippen molar-refractivity contribution >= 4 is 0 Å². The van der Waals surface area contributed by atoms with E-state index in [9.17, 15) is 5.11 Å². The summed E-state index contributed by atoms with van der Waals surface area (Å²) in [4.78, 5) is 0. The van der Waals surface area contributed by atoms with E-state index < -0.39 is 0 Å². The highest BCUT2D eigenvalue weighted by Crippen LogP contribution is 2.37. The van der Waals surface area contributed by atoms with Gasteiger partial charge in [0.05, 0.1) is 6.61 Å². The summed E-state index contributed by atoms with van der Waals surface area (Å²) in [7, 11) is 0. The first kappa shape index (κ1) is 10.4. The first-order chi connectivity index (χ1) is 6.81. The largest absolute Gasteiger partial charge is 0.395 e. The van der Waals surface area contributed by atoms with Gasteiger partial charge < -0.3 is 10.4 Å². The van der Waals surface area contributed by atoms with Crippen LogP contribution in [0.15, 0.2) is 0 Å². The minimum Gasteiger partial charge on any atom is -0.395 e. The summed E-state index contributed by atoms with van der Waals surface area (Å²) in [6, 6.07) is 0.394. The zero-order chi connectivity index (χ0) is 9.97. The summed E-state index contributed by atoms with van der Waals surface area (Å²) in [5, 5.41) is 12.7. The second kappa shape index (κ2) is 4.63. The van der Waals surface area contributed by atoms with Crippen LogP contribution < -0.4 is 5.32 Å². The van der Waals surface area contributed by atoms with E-state index in [-0.39, 0.29) is 0 Å². The van der Waals surface area contributed by atoms with Crippen LogP contribution in [0.4, 0.5) is 0 Å². The van der Waals surface area contributed by atoms with E-state index in [2.05, 4.69) is 12.2 Å². The van der Waals surface area contributed by atoms with Crippen molar-refractivity contribution in [2.24, 2.45) is 17.8 Å². The normalized spacial score (nSPS) is 44.1. The van der Waals surface area contributed by atoms with Crippen LogP contribution in [-0.4, -0.2) is 24.3 Å². The predicted octanol–water partition coefficient (Wildman–Crippen LogP) is 1.78. The first-order valence-electron chi connectivity index (χ1n) is 6.15. The van der Waals surface area contributed by atoms with Gasteiger partial charge in [-0.3, -0.25) is 0 Å². The molecule has 2 fully saturated rings. The van der Waals surface area contributed by atoms with Gasteiger partial charge in [-0.2, -0.15) is 0 Å². The molecule has 0 aromatic carbocycles. The third-order valence-electron chi connectivity index (χ3n) is 4.18. The molecule has 2 nitrogen and oxygen atoms in total. The van der Waals surface area contributed by atoms with Crippen LogP contribution in [0.5, 0.6) is 0 Å². The second-order valence-electron chi connectivity index (χ2n) is 5.23. The van der Waals surface area contributed by atoms with E-state index in [4.69, 9.17) is 0 Å². The Morgan fingerprint density at radius 1 is 1.29 bits per heavy atom. The molecule has 2 N–H and O–H groups in total. The smallest absolute Gasteiger partial charge is 0.0587 e. The Morgan fingerprint density at radius 2 is 2.14 bits per heavy atom. The van der Waals surface area contributed by atoms with E-state index >= 15 is 0 Å². The molecule has 2 rings (SSSR count). The second-order valence-corrected chi connectivity index (χ2v) is 5.23. The van der Waals surface area contributed by atoms with Gasteiger partial charge in [0, 0.05) is 6.04 Å². The first-order valence-corrected chi connectivity index (χ1v) is 6.15. The molecule has 82 valence electrons. The minimum absolute atomic E-state index is 0.329. The Labute approximate surface area is 87.1 Å². The fraction of sp³-hybridized carbons (Fsp3) is 1.00. The maximum absolute atomic E-state index is 9.27. The van der Waals surface area contributed by atoms with Gasteiger partial charge in [0.2, 0.25) is 0 Å². The molecule has 4 unspecified atom stereocenters. The summed E-state index contributed by atoms with van der Waals surface area (Å²) in [5.41, 5.74) is 0. The lowest BCUT2D eigenvalue weighted by atomic mass is 9.73. The van der Waals surface area contributed by atoms with Crippen LogP contribution in [-0.2, 0) is 0 Å². The monoisotopic (exact) mass is 197 g/mol. The Bertz CT molecular complexity index is 183. The zero-order valence-corrected chi connectivity index (χ0v) is 9.21. The number of hydrogen-bond donors (Lipinski definition) is 2. The summed E-state index contributed by atoms with van der Waals surface area (Å²) < 4.78 is 0. The number of aliphatic hydroxyl groups excluding tert-OH is 1. The third kappa shape index (κ3) is 2.12. The maximum atomic E-state index is 9.27. The van der Waals surface area contributed by atoms with Crippen LogP contribution in [0.3, 0.4) is 0 Å². The van der Waals surface area contributed by atoms with E-state index in [1.807, 2.05) is 0 Å². The van der Waals surface area contributed by atoms with Crippen molar-refractivity contribution in [3.63, 3.8) is 0 Å². The standard InChI is InChI=1S/C12H23NO/c1-9-3-2-4-10(7-9)11-5-6-13-12(11)8-14/h9-14H,2-8H2,1H3. The average Bonchev–Trinajstić information content (AvgIpc) is 2.65. The van der Waals surface area contributed by atoms with Crippen LogP contribution in [0.25, 0.3) is 0 Å². The Hall–Kier alpha value is -0.0800. The van der Waals surface area contributed by atoms with Crippen molar-refractivity contribution in [1.29, 1.82) is 0 Å². The molecule has 0 amide bonds. The summed E-state index contributed by atoms with van der Waals surface area (Å²) in [6.07, 6.45) is 6.89. The van der Waals surface area contributed by atoms with Gasteiger partial charge in [-0.1, -0.05) is 26.2 Å². The molecule has 0 spiro atoms. The molecule has 0 aromatic heterocycles. The van der Waals surface area contributed by atoms with Gasteiger partial charge >= 0.3 is 0 Å².